The summed E-state index contributed by atoms with van der Waals surface area (Å²) < 4.78 is 16.9. The maximum absolute atomic E-state index is 6.22. The van der Waals surface area contributed by atoms with E-state index in [0.29, 0.717) is 10.9 Å². The van der Waals surface area contributed by atoms with E-state index < -0.39 is 0 Å². The van der Waals surface area contributed by atoms with Crippen molar-refractivity contribution < 1.29 is 13.9 Å². The van der Waals surface area contributed by atoms with E-state index in [4.69, 9.17) is 23.9 Å². The molecule has 0 fully saturated rings. The second-order valence-electron chi connectivity index (χ2n) is 7.47. The number of rotatable bonds is 5. The molecule has 0 saturated heterocycles. The Balaban J connectivity index is 1.69. The van der Waals surface area contributed by atoms with Crippen LogP contribution in [0.25, 0.3) is 33.6 Å². The summed E-state index contributed by atoms with van der Waals surface area (Å²) in [5, 5.41) is 2.33. The van der Waals surface area contributed by atoms with E-state index in [2.05, 4.69) is 19.1 Å². The van der Waals surface area contributed by atoms with Gasteiger partial charge in [-0.05, 0) is 49.4 Å². The average Bonchev–Trinajstić information content (AvgIpc) is 3.24. The van der Waals surface area contributed by atoms with E-state index in [-0.39, 0.29) is 0 Å². The Labute approximate surface area is 195 Å². The van der Waals surface area contributed by atoms with Crippen molar-refractivity contribution in [3.63, 3.8) is 0 Å². The molecule has 0 radical (unpaired) electrons. The van der Waals surface area contributed by atoms with Gasteiger partial charge in [-0.3, -0.25) is 0 Å². The van der Waals surface area contributed by atoms with Gasteiger partial charge in [0.25, 0.3) is 0 Å². The third kappa shape index (κ3) is 4.25. The Morgan fingerprint density at radius 3 is 2.27 bits per heavy atom. The Morgan fingerprint density at radius 2 is 1.55 bits per heavy atom. The first-order valence-electron chi connectivity index (χ1n) is 10.5. The molecule has 33 heavy (non-hydrogen) atoms. The smallest absolute Gasteiger partial charge is 0.210 e. The lowest BCUT2D eigenvalue weighted by Gasteiger charge is -2.07. The van der Waals surface area contributed by atoms with Gasteiger partial charge in [0.1, 0.15) is 22.8 Å². The lowest BCUT2D eigenvalue weighted by molar-refractivity contribution is 0.414. The van der Waals surface area contributed by atoms with Crippen LogP contribution in [0.15, 0.2) is 88.3 Å². The van der Waals surface area contributed by atoms with Crippen LogP contribution in [0.5, 0.6) is 11.5 Å². The van der Waals surface area contributed by atoms with Crippen molar-refractivity contribution in [3.05, 3.63) is 89.1 Å². The number of methoxy groups -OCH3 is 2. The predicted molar refractivity (Wildman–Crippen MR) is 132 cm³/mol. The van der Waals surface area contributed by atoms with Gasteiger partial charge < -0.3 is 13.9 Å². The number of hydrogen-bond donors (Lipinski definition) is 0. The molecule has 2 aromatic heterocycles. The highest BCUT2D eigenvalue weighted by molar-refractivity contribution is 7.15. The summed E-state index contributed by atoms with van der Waals surface area (Å²) in [6.45, 7) is 2.07. The van der Waals surface area contributed by atoms with Gasteiger partial charge in [-0.2, -0.15) is 0 Å². The summed E-state index contributed by atoms with van der Waals surface area (Å²) in [7, 11) is 3.30. The fourth-order valence-electron chi connectivity index (χ4n) is 3.66. The van der Waals surface area contributed by atoms with Crippen molar-refractivity contribution in [2.75, 3.05) is 14.2 Å². The third-order valence-corrected chi connectivity index (χ3v) is 6.24. The normalized spacial score (nSPS) is 11.7. The molecule has 164 valence electrons. The maximum atomic E-state index is 6.22. The second kappa shape index (κ2) is 8.92. The summed E-state index contributed by atoms with van der Waals surface area (Å²) >= 11 is 1.57. The van der Waals surface area contributed by atoms with Crippen LogP contribution in [-0.4, -0.2) is 19.2 Å². The fourth-order valence-corrected chi connectivity index (χ4v) is 4.48. The number of thiazole rings is 1. The molecule has 0 aliphatic carbocycles. The molecule has 0 spiro atoms. The summed E-state index contributed by atoms with van der Waals surface area (Å²) in [4.78, 5) is 10.9. The minimum atomic E-state index is 0.697. The Morgan fingerprint density at radius 1 is 0.818 bits per heavy atom. The molecule has 5 rings (SSSR count). The summed E-state index contributed by atoms with van der Waals surface area (Å²) in [5.74, 6) is 2.25. The quantitative estimate of drug-likeness (QED) is 0.294. The largest absolute Gasteiger partial charge is 0.497 e. The molecule has 0 amide bonds. The minimum absolute atomic E-state index is 0.697. The van der Waals surface area contributed by atoms with Crippen LogP contribution in [0.2, 0.25) is 0 Å². The van der Waals surface area contributed by atoms with Gasteiger partial charge in [0, 0.05) is 27.5 Å². The summed E-state index contributed by atoms with van der Waals surface area (Å²) in [6.07, 6.45) is 0. The molecule has 0 atom stereocenters. The Bertz CT molecular complexity index is 1490. The molecule has 6 heteroatoms. The average molecular weight is 455 g/mol. The van der Waals surface area contributed by atoms with Gasteiger partial charge in [0.05, 0.1) is 25.3 Å². The Hall–Kier alpha value is -3.90. The zero-order valence-corrected chi connectivity index (χ0v) is 19.3. The first kappa shape index (κ1) is 21.0. The number of benzene rings is 3. The number of aryl methyl sites for hydroxylation is 1. The van der Waals surface area contributed by atoms with Crippen molar-refractivity contribution in [1.82, 2.24) is 4.98 Å². The standard InChI is InChI=1S/C27H22N2O3S/c1-17-26(19-7-5-4-6-8-19)29-27(33-17)28-23-16-25(18-9-11-20(30-2)12-10-18)32-24-14-13-21(31-3)15-22(23)24/h4-16H,1-3H3. The number of ether oxygens (including phenoxy) is 2. The lowest BCUT2D eigenvalue weighted by Crippen LogP contribution is -2.03. The van der Waals surface area contributed by atoms with Crippen molar-refractivity contribution in [2.24, 2.45) is 4.99 Å². The molecule has 3 aromatic carbocycles. The van der Waals surface area contributed by atoms with Crippen LogP contribution in [0, 0.1) is 6.92 Å². The number of fused-ring (bicyclic) bond motifs is 1. The molecule has 0 saturated carbocycles. The van der Waals surface area contributed by atoms with Crippen molar-refractivity contribution in [2.45, 2.75) is 6.92 Å². The highest BCUT2D eigenvalue weighted by atomic mass is 32.1. The number of nitrogens with zero attached hydrogens (tertiary/aromatic N) is 2. The molecule has 0 aliphatic heterocycles. The second-order valence-corrected chi connectivity index (χ2v) is 8.65. The molecule has 5 aromatic rings. The number of hydrogen-bond acceptors (Lipinski definition) is 6. The molecule has 2 heterocycles. The van der Waals surface area contributed by atoms with Gasteiger partial charge in [-0.15, -0.1) is 0 Å². The van der Waals surface area contributed by atoms with Crippen LogP contribution < -0.4 is 14.8 Å². The molecular formula is C27H22N2O3S. The molecule has 0 aliphatic rings. The van der Waals surface area contributed by atoms with Crippen LogP contribution in [-0.2, 0) is 0 Å². The van der Waals surface area contributed by atoms with E-state index >= 15 is 0 Å². The molecular weight excluding hydrogens is 432 g/mol. The zero-order valence-electron chi connectivity index (χ0n) is 18.5. The van der Waals surface area contributed by atoms with Crippen LogP contribution in [0.1, 0.15) is 4.88 Å². The SMILES string of the molecule is COc1ccc(-c2cc(=Nc3nc(-c4ccccc4)c(C)s3)c3cc(OC)ccc3o2)cc1. The van der Waals surface area contributed by atoms with Gasteiger partial charge in [0.15, 0.2) is 0 Å². The summed E-state index contributed by atoms with van der Waals surface area (Å²) in [5.41, 5.74) is 3.70. The maximum Gasteiger partial charge on any atom is 0.210 e. The highest BCUT2D eigenvalue weighted by Gasteiger charge is 2.11. The molecule has 0 bridgehead atoms. The van der Waals surface area contributed by atoms with E-state index in [9.17, 15) is 0 Å². The van der Waals surface area contributed by atoms with Crippen LogP contribution in [0.3, 0.4) is 0 Å². The van der Waals surface area contributed by atoms with Crippen molar-refractivity contribution in [3.8, 4) is 34.1 Å². The Kier molecular flexibility index (Phi) is 5.67. The first-order chi connectivity index (χ1) is 16.1. The fraction of sp³-hybridized carbons (Fsp3) is 0.111. The molecule has 5 nitrogen and oxygen atoms in total. The lowest BCUT2D eigenvalue weighted by atomic mass is 10.1. The van der Waals surface area contributed by atoms with Gasteiger partial charge in [0.2, 0.25) is 5.13 Å². The predicted octanol–water partition coefficient (Wildman–Crippen LogP) is 6.78. The van der Waals surface area contributed by atoms with Crippen LogP contribution >= 0.6 is 11.3 Å². The van der Waals surface area contributed by atoms with E-state index in [1.807, 2.05) is 66.7 Å². The van der Waals surface area contributed by atoms with Gasteiger partial charge in [-0.25, -0.2) is 9.98 Å². The zero-order chi connectivity index (χ0) is 22.8. The summed E-state index contributed by atoms with van der Waals surface area (Å²) in [6, 6.07) is 25.6. The topological polar surface area (TPSA) is 56.9 Å². The third-order valence-electron chi connectivity index (χ3n) is 5.37. The molecule has 0 unspecified atom stereocenters. The van der Waals surface area contributed by atoms with Gasteiger partial charge >= 0.3 is 0 Å². The van der Waals surface area contributed by atoms with Crippen molar-refractivity contribution >= 4 is 27.4 Å². The van der Waals surface area contributed by atoms with E-state index in [1.54, 1.807) is 25.6 Å². The highest BCUT2D eigenvalue weighted by Crippen LogP contribution is 2.32. The molecule has 0 N–H and O–H groups in total. The van der Waals surface area contributed by atoms with Crippen molar-refractivity contribution in [1.29, 1.82) is 0 Å². The van der Waals surface area contributed by atoms with Gasteiger partial charge in [-0.1, -0.05) is 41.7 Å². The van der Waals surface area contributed by atoms with E-state index in [0.717, 1.165) is 49.5 Å². The minimum Gasteiger partial charge on any atom is -0.497 e. The van der Waals surface area contributed by atoms with Crippen LogP contribution in [0.4, 0.5) is 5.13 Å². The number of aromatic nitrogens is 1. The van der Waals surface area contributed by atoms with E-state index in [1.165, 1.54) is 0 Å². The first-order valence-corrected chi connectivity index (χ1v) is 11.3. The monoisotopic (exact) mass is 454 g/mol.